The molecule has 1 N–H and O–H groups in total. The number of carbonyl (C=O) groups is 2. The molecule has 8 heteroatoms. The van der Waals surface area contributed by atoms with Crippen molar-refractivity contribution in [2.45, 2.75) is 6.10 Å². The maximum absolute atomic E-state index is 12.6. The van der Waals surface area contributed by atoms with Crippen molar-refractivity contribution in [3.05, 3.63) is 54.2 Å². The van der Waals surface area contributed by atoms with E-state index in [2.05, 4.69) is 10.3 Å². The predicted molar refractivity (Wildman–Crippen MR) is 92.5 cm³/mol. The van der Waals surface area contributed by atoms with E-state index >= 15 is 0 Å². The van der Waals surface area contributed by atoms with E-state index in [1.807, 2.05) is 0 Å². The van der Waals surface area contributed by atoms with Gasteiger partial charge in [-0.15, -0.1) is 0 Å². The molecule has 0 bridgehead atoms. The minimum Gasteiger partial charge on any atom is -0.463 e. The second-order valence-electron chi connectivity index (χ2n) is 5.58. The van der Waals surface area contributed by atoms with Gasteiger partial charge in [-0.3, -0.25) is 9.78 Å². The Kier molecular flexibility index (Phi) is 5.33. The summed E-state index contributed by atoms with van der Waals surface area (Å²) in [6, 6.07) is 8.40. The van der Waals surface area contributed by atoms with Gasteiger partial charge >= 0.3 is 5.97 Å². The largest absolute Gasteiger partial charge is 0.463 e. The molecule has 3 heterocycles. The van der Waals surface area contributed by atoms with Crippen LogP contribution in [0.3, 0.4) is 0 Å². The minimum atomic E-state index is -1.17. The first kappa shape index (κ1) is 17.7. The van der Waals surface area contributed by atoms with Gasteiger partial charge in [-0.05, 0) is 12.1 Å². The molecule has 0 radical (unpaired) electrons. The quantitative estimate of drug-likeness (QED) is 0.512. The van der Waals surface area contributed by atoms with Crippen LogP contribution in [0, 0.1) is 0 Å². The summed E-state index contributed by atoms with van der Waals surface area (Å²) in [5, 5.41) is 2.67. The van der Waals surface area contributed by atoms with Crippen molar-refractivity contribution >= 4 is 23.0 Å². The lowest BCUT2D eigenvalue weighted by atomic mass is 10.2. The first-order chi connectivity index (χ1) is 12.6. The predicted octanol–water partition coefficient (Wildman–Crippen LogP) is 1.83. The van der Waals surface area contributed by atoms with Crippen LogP contribution < -0.4 is 5.32 Å². The maximum Gasteiger partial charge on any atom is 0.356 e. The molecule has 0 aromatic carbocycles. The summed E-state index contributed by atoms with van der Waals surface area (Å²) in [5.41, 5.74) is 1.95. The zero-order valence-electron chi connectivity index (χ0n) is 14.5. The minimum absolute atomic E-state index is 0.282. The standard InChI is InChI=1S/C18H19N3O5/c1-21-13-6-9-25-15(13)11-14(21)18(23)26-16(12-5-3-4-7-19-12)17(22)20-8-10-24-2/h3-7,9,11,16H,8,10H2,1-2H3,(H,20,22). The Morgan fingerprint density at radius 2 is 2.19 bits per heavy atom. The van der Waals surface area contributed by atoms with Crippen LogP contribution in [0.1, 0.15) is 22.3 Å². The summed E-state index contributed by atoms with van der Waals surface area (Å²) in [7, 11) is 3.26. The number of methoxy groups -OCH3 is 1. The molecular weight excluding hydrogens is 338 g/mol. The lowest BCUT2D eigenvalue weighted by Crippen LogP contribution is -2.34. The zero-order chi connectivity index (χ0) is 18.5. The summed E-state index contributed by atoms with van der Waals surface area (Å²) >= 11 is 0. The van der Waals surface area contributed by atoms with Crippen molar-refractivity contribution in [1.82, 2.24) is 14.9 Å². The molecule has 3 rings (SSSR count). The highest BCUT2D eigenvalue weighted by molar-refractivity contribution is 5.95. The molecule has 0 aliphatic carbocycles. The molecule has 0 fully saturated rings. The number of rotatable bonds is 7. The Morgan fingerprint density at radius 3 is 2.88 bits per heavy atom. The van der Waals surface area contributed by atoms with E-state index in [9.17, 15) is 9.59 Å². The summed E-state index contributed by atoms with van der Waals surface area (Å²) in [6.45, 7) is 0.649. The smallest absolute Gasteiger partial charge is 0.356 e. The van der Waals surface area contributed by atoms with Crippen LogP contribution in [-0.4, -0.2) is 41.7 Å². The van der Waals surface area contributed by atoms with Crippen molar-refractivity contribution < 1.29 is 23.5 Å². The van der Waals surface area contributed by atoms with Gasteiger partial charge in [0.2, 0.25) is 6.10 Å². The number of esters is 1. The molecule has 0 aliphatic rings. The highest BCUT2D eigenvalue weighted by Gasteiger charge is 2.28. The van der Waals surface area contributed by atoms with Gasteiger partial charge in [-0.1, -0.05) is 6.07 Å². The third-order valence-electron chi connectivity index (χ3n) is 3.90. The van der Waals surface area contributed by atoms with E-state index in [0.29, 0.717) is 24.4 Å². The second kappa shape index (κ2) is 7.83. The molecule has 1 amide bonds. The Balaban J connectivity index is 1.82. The molecular formula is C18H19N3O5. The fourth-order valence-electron chi connectivity index (χ4n) is 2.56. The van der Waals surface area contributed by atoms with Gasteiger partial charge in [0, 0.05) is 39.0 Å². The average Bonchev–Trinajstić information content (AvgIpc) is 3.23. The SMILES string of the molecule is COCCNC(=O)C(OC(=O)c1cc2occc2n1C)c1ccccn1. The number of aromatic nitrogens is 2. The Bertz CT molecular complexity index is 900. The molecule has 8 nitrogen and oxygen atoms in total. The normalized spacial score (nSPS) is 12.1. The summed E-state index contributed by atoms with van der Waals surface area (Å²) < 4.78 is 17.3. The Labute approximate surface area is 149 Å². The molecule has 0 spiro atoms. The van der Waals surface area contributed by atoms with Crippen LogP contribution in [0.2, 0.25) is 0 Å². The van der Waals surface area contributed by atoms with Crippen LogP contribution in [0.25, 0.3) is 11.1 Å². The number of nitrogens with one attached hydrogen (secondary N) is 1. The Hall–Kier alpha value is -3.13. The first-order valence-corrected chi connectivity index (χ1v) is 8.03. The van der Waals surface area contributed by atoms with E-state index in [1.165, 1.54) is 13.3 Å². The van der Waals surface area contributed by atoms with Gasteiger partial charge in [0.1, 0.15) is 5.69 Å². The molecule has 26 heavy (non-hydrogen) atoms. The van der Waals surface area contributed by atoms with Gasteiger partial charge in [0.25, 0.3) is 5.91 Å². The molecule has 0 saturated heterocycles. The molecule has 0 aliphatic heterocycles. The fourth-order valence-corrected chi connectivity index (χ4v) is 2.56. The number of pyridine rings is 1. The van der Waals surface area contributed by atoms with Crippen molar-refractivity contribution in [3.8, 4) is 0 Å². The van der Waals surface area contributed by atoms with E-state index in [-0.39, 0.29) is 5.69 Å². The summed E-state index contributed by atoms with van der Waals surface area (Å²) in [4.78, 5) is 29.3. The number of ether oxygens (including phenoxy) is 2. The number of furan rings is 1. The van der Waals surface area contributed by atoms with Crippen LogP contribution in [0.5, 0.6) is 0 Å². The van der Waals surface area contributed by atoms with Crippen LogP contribution in [0.4, 0.5) is 0 Å². The first-order valence-electron chi connectivity index (χ1n) is 8.03. The number of carbonyl (C=O) groups excluding carboxylic acids is 2. The number of hydrogen-bond donors (Lipinski definition) is 1. The molecule has 0 saturated carbocycles. The van der Waals surface area contributed by atoms with E-state index < -0.39 is 18.0 Å². The highest BCUT2D eigenvalue weighted by Crippen LogP contribution is 2.23. The number of hydrogen-bond acceptors (Lipinski definition) is 6. The molecule has 3 aromatic rings. The van der Waals surface area contributed by atoms with E-state index in [0.717, 1.165) is 5.52 Å². The second-order valence-corrected chi connectivity index (χ2v) is 5.58. The van der Waals surface area contributed by atoms with Gasteiger partial charge in [0.15, 0.2) is 5.58 Å². The highest BCUT2D eigenvalue weighted by atomic mass is 16.5. The number of aryl methyl sites for hydroxylation is 1. The zero-order valence-corrected chi connectivity index (χ0v) is 14.5. The average molecular weight is 357 g/mol. The van der Waals surface area contributed by atoms with Crippen LogP contribution >= 0.6 is 0 Å². The number of fused-ring (bicyclic) bond motifs is 1. The van der Waals surface area contributed by atoms with Crippen molar-refractivity contribution in [3.63, 3.8) is 0 Å². The van der Waals surface area contributed by atoms with Gasteiger partial charge < -0.3 is 23.8 Å². The van der Waals surface area contributed by atoms with Crippen molar-refractivity contribution in [2.24, 2.45) is 7.05 Å². The fraction of sp³-hybridized carbons (Fsp3) is 0.278. The topological polar surface area (TPSA) is 95.6 Å². The van der Waals surface area contributed by atoms with Gasteiger partial charge in [0.05, 0.1) is 24.1 Å². The Morgan fingerprint density at radius 1 is 1.35 bits per heavy atom. The maximum atomic E-state index is 12.6. The summed E-state index contributed by atoms with van der Waals surface area (Å²) in [6.07, 6.45) is 1.91. The number of amides is 1. The molecule has 1 atom stereocenters. The lowest BCUT2D eigenvalue weighted by Gasteiger charge is -2.17. The van der Waals surface area contributed by atoms with E-state index in [1.54, 1.807) is 48.2 Å². The molecule has 3 aromatic heterocycles. The van der Waals surface area contributed by atoms with Crippen LogP contribution in [0.15, 0.2) is 47.2 Å². The lowest BCUT2D eigenvalue weighted by molar-refractivity contribution is -0.130. The molecule has 136 valence electrons. The monoisotopic (exact) mass is 357 g/mol. The third-order valence-corrected chi connectivity index (χ3v) is 3.90. The molecule has 1 unspecified atom stereocenters. The third kappa shape index (κ3) is 3.60. The van der Waals surface area contributed by atoms with Crippen LogP contribution in [-0.2, 0) is 21.3 Å². The summed E-state index contributed by atoms with van der Waals surface area (Å²) in [5.74, 6) is -1.11. The van der Waals surface area contributed by atoms with Crippen molar-refractivity contribution in [1.29, 1.82) is 0 Å². The van der Waals surface area contributed by atoms with E-state index in [4.69, 9.17) is 13.9 Å². The number of nitrogens with zero attached hydrogens (tertiary/aromatic N) is 2. The van der Waals surface area contributed by atoms with Crippen molar-refractivity contribution in [2.75, 3.05) is 20.3 Å². The van der Waals surface area contributed by atoms with Gasteiger partial charge in [-0.2, -0.15) is 0 Å². The van der Waals surface area contributed by atoms with Gasteiger partial charge in [-0.25, -0.2) is 4.79 Å².